The molecule has 0 fully saturated rings. The number of aromatic carboxylic acids is 1. The molecule has 4 rings (SSSR count). The standard InChI is InChI=1S/C23H17BrN2O2/c1-15-7-13-19(14-8-15)26-22(17-5-3-2-4-6-17)20(23(27)28)21(25-26)16-9-11-18(24)12-10-16/h2-14H,1H3,(H,27,28). The summed E-state index contributed by atoms with van der Waals surface area (Å²) >= 11 is 3.42. The summed E-state index contributed by atoms with van der Waals surface area (Å²) in [6.45, 7) is 2.01. The molecule has 1 aromatic heterocycles. The molecule has 1 N–H and O–H groups in total. The van der Waals surface area contributed by atoms with Gasteiger partial charge in [-0.3, -0.25) is 0 Å². The Morgan fingerprint density at radius 2 is 1.54 bits per heavy atom. The minimum Gasteiger partial charge on any atom is -0.478 e. The van der Waals surface area contributed by atoms with Gasteiger partial charge >= 0.3 is 5.97 Å². The van der Waals surface area contributed by atoms with Gasteiger partial charge in [0.25, 0.3) is 0 Å². The molecule has 0 aliphatic carbocycles. The minimum atomic E-state index is -1.00. The fraction of sp³-hybridized carbons (Fsp3) is 0.0435. The first-order valence-electron chi connectivity index (χ1n) is 8.79. The molecule has 1 heterocycles. The van der Waals surface area contributed by atoms with E-state index in [2.05, 4.69) is 15.9 Å². The second kappa shape index (κ2) is 7.44. The van der Waals surface area contributed by atoms with Gasteiger partial charge in [0.15, 0.2) is 0 Å². The van der Waals surface area contributed by atoms with E-state index < -0.39 is 5.97 Å². The molecule has 4 aromatic rings. The predicted octanol–water partition coefficient (Wildman–Crippen LogP) is 5.98. The fourth-order valence-electron chi connectivity index (χ4n) is 3.17. The van der Waals surface area contributed by atoms with Crippen LogP contribution in [0.5, 0.6) is 0 Å². The molecular formula is C23H17BrN2O2. The quantitative estimate of drug-likeness (QED) is 0.431. The molecule has 28 heavy (non-hydrogen) atoms. The van der Waals surface area contributed by atoms with Crippen LogP contribution in [0.4, 0.5) is 0 Å². The van der Waals surface area contributed by atoms with E-state index >= 15 is 0 Å². The number of carbonyl (C=O) groups is 1. The number of halogens is 1. The number of nitrogens with zero attached hydrogens (tertiary/aromatic N) is 2. The van der Waals surface area contributed by atoms with Gasteiger partial charge in [-0.1, -0.05) is 76.1 Å². The van der Waals surface area contributed by atoms with E-state index in [-0.39, 0.29) is 5.56 Å². The number of hydrogen-bond donors (Lipinski definition) is 1. The van der Waals surface area contributed by atoms with Crippen LogP contribution in [0.25, 0.3) is 28.2 Å². The van der Waals surface area contributed by atoms with E-state index in [4.69, 9.17) is 5.10 Å². The summed E-state index contributed by atoms with van der Waals surface area (Å²) in [7, 11) is 0. The maximum Gasteiger partial charge on any atom is 0.340 e. The topological polar surface area (TPSA) is 55.1 Å². The largest absolute Gasteiger partial charge is 0.478 e. The van der Waals surface area contributed by atoms with Crippen LogP contribution in [0.15, 0.2) is 83.3 Å². The first-order valence-corrected chi connectivity index (χ1v) is 9.58. The van der Waals surface area contributed by atoms with Crippen LogP contribution in [-0.2, 0) is 0 Å². The summed E-state index contributed by atoms with van der Waals surface area (Å²) < 4.78 is 2.64. The molecule has 138 valence electrons. The highest BCUT2D eigenvalue weighted by atomic mass is 79.9. The molecule has 0 amide bonds. The van der Waals surface area contributed by atoms with Crippen molar-refractivity contribution in [2.75, 3.05) is 0 Å². The summed E-state index contributed by atoms with van der Waals surface area (Å²) in [6, 6.07) is 24.9. The smallest absolute Gasteiger partial charge is 0.340 e. The van der Waals surface area contributed by atoms with Crippen LogP contribution in [0.3, 0.4) is 0 Å². The normalized spacial score (nSPS) is 10.8. The van der Waals surface area contributed by atoms with Crippen LogP contribution in [0, 0.1) is 6.92 Å². The Balaban J connectivity index is 2.04. The number of carboxylic acids is 1. The Labute approximate surface area is 171 Å². The van der Waals surface area contributed by atoms with Crippen LogP contribution < -0.4 is 0 Å². The van der Waals surface area contributed by atoms with Gasteiger partial charge in [-0.05, 0) is 31.2 Å². The fourth-order valence-corrected chi connectivity index (χ4v) is 3.43. The molecule has 0 saturated heterocycles. The lowest BCUT2D eigenvalue weighted by Gasteiger charge is -2.09. The van der Waals surface area contributed by atoms with Crippen LogP contribution in [0.1, 0.15) is 15.9 Å². The van der Waals surface area contributed by atoms with E-state index in [9.17, 15) is 9.90 Å². The van der Waals surface area contributed by atoms with Gasteiger partial charge in [-0.25, -0.2) is 9.48 Å². The molecule has 4 nitrogen and oxygen atoms in total. The number of aromatic nitrogens is 2. The Kier molecular flexibility index (Phi) is 4.84. The van der Waals surface area contributed by atoms with Crippen molar-refractivity contribution in [3.63, 3.8) is 0 Å². The Hall–Kier alpha value is -3.18. The molecule has 0 aliphatic heterocycles. The summed E-state index contributed by atoms with van der Waals surface area (Å²) in [5.74, 6) is -1.00. The molecule has 3 aromatic carbocycles. The maximum absolute atomic E-state index is 12.3. The van der Waals surface area contributed by atoms with E-state index in [0.717, 1.165) is 26.9 Å². The highest BCUT2D eigenvalue weighted by Gasteiger charge is 2.26. The molecule has 0 bridgehead atoms. The predicted molar refractivity (Wildman–Crippen MR) is 114 cm³/mol. The second-order valence-electron chi connectivity index (χ2n) is 6.50. The van der Waals surface area contributed by atoms with Crippen molar-refractivity contribution >= 4 is 21.9 Å². The van der Waals surface area contributed by atoms with Crippen LogP contribution >= 0.6 is 15.9 Å². The highest BCUT2D eigenvalue weighted by molar-refractivity contribution is 9.10. The van der Waals surface area contributed by atoms with Crippen molar-refractivity contribution in [2.24, 2.45) is 0 Å². The number of aryl methyl sites for hydroxylation is 1. The molecule has 5 heteroatoms. The number of hydrogen-bond acceptors (Lipinski definition) is 2. The van der Waals surface area contributed by atoms with E-state index in [1.165, 1.54) is 0 Å². The van der Waals surface area contributed by atoms with Crippen LogP contribution in [-0.4, -0.2) is 20.9 Å². The Morgan fingerprint density at radius 3 is 2.14 bits per heavy atom. The van der Waals surface area contributed by atoms with E-state index in [1.54, 1.807) is 4.68 Å². The summed E-state index contributed by atoms with van der Waals surface area (Å²) in [4.78, 5) is 12.3. The molecule has 0 aliphatic rings. The van der Waals surface area contributed by atoms with E-state index in [1.807, 2.05) is 85.8 Å². The lowest BCUT2D eigenvalue weighted by Crippen LogP contribution is -2.03. The number of rotatable bonds is 4. The zero-order valence-electron chi connectivity index (χ0n) is 15.1. The molecule has 0 atom stereocenters. The van der Waals surface area contributed by atoms with Crippen molar-refractivity contribution in [2.45, 2.75) is 6.92 Å². The highest BCUT2D eigenvalue weighted by Crippen LogP contribution is 2.34. The van der Waals surface area contributed by atoms with Gasteiger partial charge in [0.1, 0.15) is 11.3 Å². The van der Waals surface area contributed by atoms with Crippen molar-refractivity contribution in [3.8, 4) is 28.2 Å². The van der Waals surface area contributed by atoms with Gasteiger partial charge in [0, 0.05) is 15.6 Å². The average molecular weight is 433 g/mol. The van der Waals surface area contributed by atoms with Gasteiger partial charge in [0.2, 0.25) is 0 Å². The number of benzene rings is 3. The molecule has 0 unspecified atom stereocenters. The summed E-state index contributed by atoms with van der Waals surface area (Å²) in [6.07, 6.45) is 0. The Morgan fingerprint density at radius 1 is 0.893 bits per heavy atom. The van der Waals surface area contributed by atoms with Gasteiger partial charge < -0.3 is 5.11 Å². The van der Waals surface area contributed by atoms with E-state index in [0.29, 0.717) is 11.4 Å². The van der Waals surface area contributed by atoms with Crippen molar-refractivity contribution in [3.05, 3.63) is 94.5 Å². The lowest BCUT2D eigenvalue weighted by atomic mass is 10.0. The Bertz CT molecular complexity index is 1130. The monoisotopic (exact) mass is 432 g/mol. The lowest BCUT2D eigenvalue weighted by molar-refractivity contribution is 0.0698. The average Bonchev–Trinajstić information content (AvgIpc) is 3.11. The first kappa shape index (κ1) is 18.2. The number of carboxylic acid groups (broad SMARTS) is 1. The van der Waals surface area contributed by atoms with Crippen LogP contribution in [0.2, 0.25) is 0 Å². The second-order valence-corrected chi connectivity index (χ2v) is 7.41. The first-order chi connectivity index (χ1) is 13.5. The third kappa shape index (κ3) is 3.37. The molecule has 0 radical (unpaired) electrons. The van der Waals surface area contributed by atoms with Gasteiger partial charge in [-0.15, -0.1) is 0 Å². The van der Waals surface area contributed by atoms with Gasteiger partial charge in [0.05, 0.1) is 11.4 Å². The molecular weight excluding hydrogens is 416 g/mol. The molecule has 0 spiro atoms. The third-order valence-electron chi connectivity index (χ3n) is 4.54. The zero-order valence-corrected chi connectivity index (χ0v) is 16.7. The maximum atomic E-state index is 12.3. The van der Waals surface area contributed by atoms with Gasteiger partial charge in [-0.2, -0.15) is 5.10 Å². The summed E-state index contributed by atoms with van der Waals surface area (Å²) in [5.41, 5.74) is 4.70. The zero-order chi connectivity index (χ0) is 19.7. The minimum absolute atomic E-state index is 0.189. The summed E-state index contributed by atoms with van der Waals surface area (Å²) in [5, 5.41) is 14.8. The SMILES string of the molecule is Cc1ccc(-n2nc(-c3ccc(Br)cc3)c(C(=O)O)c2-c2ccccc2)cc1. The molecule has 0 saturated carbocycles. The van der Waals surface area contributed by atoms with Crippen molar-refractivity contribution in [1.82, 2.24) is 9.78 Å². The van der Waals surface area contributed by atoms with Crippen molar-refractivity contribution in [1.29, 1.82) is 0 Å². The van der Waals surface area contributed by atoms with Crippen molar-refractivity contribution < 1.29 is 9.90 Å². The third-order valence-corrected chi connectivity index (χ3v) is 5.07.